The number of ether oxygens (including phenoxy) is 1. The third kappa shape index (κ3) is 6.56. The minimum atomic E-state index is -4.84. The van der Waals surface area contributed by atoms with E-state index >= 15 is 0 Å². The number of piperidine rings is 1. The Bertz CT molecular complexity index is 1140. The van der Waals surface area contributed by atoms with E-state index in [2.05, 4.69) is 15.3 Å². The lowest BCUT2D eigenvalue weighted by molar-refractivity contribution is -0.141. The molecule has 0 bridgehead atoms. The fraction of sp³-hybridized carbons (Fsp3) is 0.615. The van der Waals surface area contributed by atoms with E-state index in [1.54, 1.807) is 21.9 Å². The van der Waals surface area contributed by atoms with E-state index in [1.807, 2.05) is 4.90 Å². The molecule has 0 spiro atoms. The van der Waals surface area contributed by atoms with E-state index in [1.165, 1.54) is 6.20 Å². The highest BCUT2D eigenvalue weighted by Gasteiger charge is 2.42. The van der Waals surface area contributed by atoms with E-state index in [0.29, 0.717) is 45.1 Å². The number of halogens is 3. The van der Waals surface area contributed by atoms with Crippen LogP contribution in [0, 0.1) is 0 Å². The first-order valence-corrected chi connectivity index (χ1v) is 13.6. The van der Waals surface area contributed by atoms with Gasteiger partial charge < -0.3 is 29.2 Å². The molecule has 2 aromatic heterocycles. The molecule has 2 aliphatic heterocycles. The zero-order valence-corrected chi connectivity index (χ0v) is 21.7. The minimum Gasteiger partial charge on any atom is -0.446 e. The number of carbonyl (C=O) groups excluding carboxylic acids is 2. The highest BCUT2D eigenvalue weighted by molar-refractivity contribution is 6.03. The van der Waals surface area contributed by atoms with Crippen molar-refractivity contribution in [3.63, 3.8) is 0 Å². The van der Waals surface area contributed by atoms with Crippen molar-refractivity contribution < 1.29 is 31.9 Å². The molecule has 5 rings (SSSR count). The average Bonchev–Trinajstić information content (AvgIpc) is 3.55. The van der Waals surface area contributed by atoms with E-state index < -0.39 is 23.5 Å². The quantitative estimate of drug-likeness (QED) is 0.560. The minimum absolute atomic E-state index is 0.0156. The Morgan fingerprint density at radius 3 is 2.36 bits per heavy atom. The molecule has 0 radical (unpaired) electrons. The SMILES string of the molecule is O=C(Nc1ccc(N2CCCN(C(=O)OC3CCCC3)CC2)nc1)c1oc(N2CCCCC2)nc1C(F)(F)F. The molecular formula is C26H33F3N6O4. The summed E-state index contributed by atoms with van der Waals surface area (Å²) in [7, 11) is 0. The fourth-order valence-corrected chi connectivity index (χ4v) is 5.26. The summed E-state index contributed by atoms with van der Waals surface area (Å²) in [5.74, 6) is -1.27. The van der Waals surface area contributed by atoms with E-state index in [9.17, 15) is 22.8 Å². The number of carbonyl (C=O) groups is 2. The summed E-state index contributed by atoms with van der Waals surface area (Å²) in [6.07, 6.45) is 3.70. The standard InChI is InChI=1S/C26H33F3N6O4/c27-26(28,29)22-21(39-24(32-22)34-11-4-1-5-12-34)23(36)31-18-9-10-20(30-17-18)33-13-6-14-35(16-15-33)25(37)38-19-7-2-3-8-19/h9-10,17,19H,1-8,11-16H2,(H,31,36). The van der Waals surface area contributed by atoms with Crippen LogP contribution in [0.1, 0.15) is 67.6 Å². The topological polar surface area (TPSA) is 104 Å². The summed E-state index contributed by atoms with van der Waals surface area (Å²) in [6.45, 7) is 3.38. The van der Waals surface area contributed by atoms with Crippen molar-refractivity contribution in [3.8, 4) is 0 Å². The van der Waals surface area contributed by atoms with Crippen LogP contribution in [0.15, 0.2) is 22.7 Å². The first-order chi connectivity index (χ1) is 18.8. The maximum absolute atomic E-state index is 13.6. The van der Waals surface area contributed by atoms with Crippen LogP contribution in [0.2, 0.25) is 0 Å². The maximum Gasteiger partial charge on any atom is 0.437 e. The number of alkyl halides is 3. The van der Waals surface area contributed by atoms with Crippen molar-refractivity contribution >= 4 is 29.5 Å². The number of aromatic nitrogens is 2. The van der Waals surface area contributed by atoms with Gasteiger partial charge in [0.25, 0.3) is 11.9 Å². The highest BCUT2D eigenvalue weighted by Crippen LogP contribution is 2.35. The lowest BCUT2D eigenvalue weighted by Gasteiger charge is -2.24. The van der Waals surface area contributed by atoms with Crippen LogP contribution in [0.5, 0.6) is 0 Å². The summed E-state index contributed by atoms with van der Waals surface area (Å²) in [5, 5.41) is 2.44. The number of hydrogen-bond donors (Lipinski definition) is 1. The van der Waals surface area contributed by atoms with Crippen LogP contribution in [-0.4, -0.2) is 72.2 Å². The Labute approximate surface area is 224 Å². The Morgan fingerprint density at radius 1 is 0.923 bits per heavy atom. The second-order valence-corrected chi connectivity index (χ2v) is 10.2. The zero-order chi connectivity index (χ0) is 27.4. The van der Waals surface area contributed by atoms with Crippen molar-refractivity contribution in [3.05, 3.63) is 29.8 Å². The van der Waals surface area contributed by atoms with Crippen molar-refractivity contribution in [2.45, 2.75) is 63.6 Å². The Morgan fingerprint density at radius 2 is 1.67 bits per heavy atom. The third-order valence-corrected chi connectivity index (χ3v) is 7.37. The molecule has 1 aliphatic carbocycles. The van der Waals surface area contributed by atoms with Gasteiger partial charge in [-0.1, -0.05) is 0 Å². The molecule has 1 N–H and O–H groups in total. The molecule has 0 unspecified atom stereocenters. The molecule has 1 saturated carbocycles. The first kappa shape index (κ1) is 27.1. The monoisotopic (exact) mass is 550 g/mol. The molecule has 39 heavy (non-hydrogen) atoms. The molecule has 13 heteroatoms. The lowest BCUT2D eigenvalue weighted by atomic mass is 10.1. The molecule has 2 aromatic rings. The number of pyridine rings is 1. The zero-order valence-electron chi connectivity index (χ0n) is 21.7. The van der Waals surface area contributed by atoms with Crippen molar-refractivity contribution in [2.75, 3.05) is 54.4 Å². The summed E-state index contributed by atoms with van der Waals surface area (Å²) in [4.78, 5) is 38.7. The van der Waals surface area contributed by atoms with Crippen LogP contribution in [-0.2, 0) is 10.9 Å². The van der Waals surface area contributed by atoms with Crippen molar-refractivity contribution in [1.82, 2.24) is 14.9 Å². The lowest BCUT2D eigenvalue weighted by Crippen LogP contribution is -2.37. The van der Waals surface area contributed by atoms with Gasteiger partial charge in [0.1, 0.15) is 11.9 Å². The van der Waals surface area contributed by atoms with Gasteiger partial charge >= 0.3 is 12.3 Å². The fourth-order valence-electron chi connectivity index (χ4n) is 5.26. The number of oxazole rings is 1. The number of hydrogen-bond acceptors (Lipinski definition) is 8. The number of nitrogens with one attached hydrogen (secondary N) is 1. The number of anilines is 3. The van der Waals surface area contributed by atoms with Crippen LogP contribution in [0.3, 0.4) is 0 Å². The molecular weight excluding hydrogens is 517 g/mol. The molecule has 2 amide bonds. The van der Waals surface area contributed by atoms with Gasteiger partial charge in [-0.2, -0.15) is 18.2 Å². The Kier molecular flexibility index (Phi) is 8.12. The smallest absolute Gasteiger partial charge is 0.437 e. The second-order valence-electron chi connectivity index (χ2n) is 10.2. The van der Waals surface area contributed by atoms with Crippen LogP contribution >= 0.6 is 0 Å². The number of rotatable bonds is 5. The molecule has 10 nitrogen and oxygen atoms in total. The molecule has 212 valence electrons. The van der Waals surface area contributed by atoms with Gasteiger partial charge in [-0.25, -0.2) is 9.78 Å². The molecule has 3 aliphatic rings. The normalized spacial score (nSPS) is 19.2. The van der Waals surface area contributed by atoms with Gasteiger partial charge in [-0.15, -0.1) is 0 Å². The van der Waals surface area contributed by atoms with Gasteiger partial charge in [-0.3, -0.25) is 4.79 Å². The van der Waals surface area contributed by atoms with Gasteiger partial charge in [0.15, 0.2) is 5.69 Å². The van der Waals surface area contributed by atoms with Crippen LogP contribution in [0.25, 0.3) is 0 Å². The maximum atomic E-state index is 13.6. The molecule has 4 heterocycles. The summed E-state index contributed by atoms with van der Waals surface area (Å²) in [6, 6.07) is 3.07. The molecule has 2 saturated heterocycles. The van der Waals surface area contributed by atoms with E-state index in [4.69, 9.17) is 9.15 Å². The Hall–Kier alpha value is -3.51. The van der Waals surface area contributed by atoms with Gasteiger partial charge in [0.2, 0.25) is 5.76 Å². The molecule has 3 fully saturated rings. The van der Waals surface area contributed by atoms with Gasteiger partial charge in [-0.05, 0) is 63.5 Å². The highest BCUT2D eigenvalue weighted by atomic mass is 19.4. The van der Waals surface area contributed by atoms with Crippen molar-refractivity contribution in [2.24, 2.45) is 0 Å². The van der Waals surface area contributed by atoms with Crippen molar-refractivity contribution in [1.29, 1.82) is 0 Å². The number of amides is 2. The second kappa shape index (κ2) is 11.7. The number of nitrogens with zero attached hydrogens (tertiary/aromatic N) is 5. The summed E-state index contributed by atoms with van der Waals surface area (Å²) in [5.41, 5.74) is -1.12. The summed E-state index contributed by atoms with van der Waals surface area (Å²) >= 11 is 0. The van der Waals surface area contributed by atoms with Gasteiger partial charge in [0.05, 0.1) is 11.9 Å². The predicted octanol–water partition coefficient (Wildman–Crippen LogP) is 4.92. The third-order valence-electron chi connectivity index (χ3n) is 7.37. The van der Waals surface area contributed by atoms with E-state index in [0.717, 1.165) is 51.4 Å². The Balaban J connectivity index is 1.20. The van der Waals surface area contributed by atoms with Crippen LogP contribution in [0.4, 0.5) is 35.5 Å². The molecule has 0 aromatic carbocycles. The summed E-state index contributed by atoms with van der Waals surface area (Å²) < 4.78 is 51.8. The molecule has 0 atom stereocenters. The van der Waals surface area contributed by atoms with Gasteiger partial charge in [0, 0.05) is 39.3 Å². The average molecular weight is 551 g/mol. The largest absolute Gasteiger partial charge is 0.446 e. The first-order valence-electron chi connectivity index (χ1n) is 13.6. The van der Waals surface area contributed by atoms with E-state index in [-0.39, 0.29) is 23.9 Å². The van der Waals surface area contributed by atoms with Crippen LogP contribution < -0.4 is 15.1 Å². The predicted molar refractivity (Wildman–Crippen MR) is 137 cm³/mol.